The molecule has 0 spiro atoms. The molecule has 0 unspecified atom stereocenters. The molecule has 0 aliphatic heterocycles. The number of carbonyl (C=O) groups excluding carboxylic acids is 2. The van der Waals surface area contributed by atoms with E-state index in [1.54, 1.807) is 17.8 Å². The van der Waals surface area contributed by atoms with Gasteiger partial charge in [-0.05, 0) is 62.1 Å². The van der Waals surface area contributed by atoms with Crippen LogP contribution >= 0.6 is 11.8 Å². The summed E-state index contributed by atoms with van der Waals surface area (Å²) in [6, 6.07) is 17.6. The van der Waals surface area contributed by atoms with Gasteiger partial charge in [0.2, 0.25) is 5.78 Å². The number of nitrogens with zero attached hydrogens (tertiary/aromatic N) is 1. The zero-order chi connectivity index (χ0) is 22.6. The van der Waals surface area contributed by atoms with Crippen LogP contribution in [0.25, 0.3) is 0 Å². The second-order valence-electron chi connectivity index (χ2n) is 7.65. The summed E-state index contributed by atoms with van der Waals surface area (Å²) in [4.78, 5) is 32.8. The number of hydrogen-bond acceptors (Lipinski definition) is 5. The van der Waals surface area contributed by atoms with Gasteiger partial charge in [-0.1, -0.05) is 79.5 Å². The van der Waals surface area contributed by atoms with Gasteiger partial charge in [-0.15, -0.1) is 0 Å². The molecule has 0 bridgehead atoms. The highest BCUT2D eigenvalue weighted by Gasteiger charge is 2.18. The lowest BCUT2D eigenvalue weighted by molar-refractivity contribution is -0.139. The highest BCUT2D eigenvalue weighted by Crippen LogP contribution is 2.27. The Hall–Kier alpha value is -2.92. The number of Topliss-reactive ketones (excluding diaryl/α,β-unsaturated/α-hetero) is 1. The number of carbonyl (C=O) groups is 2. The molecule has 32 heavy (non-hydrogen) atoms. The summed E-state index contributed by atoms with van der Waals surface area (Å²) in [6.07, 6.45) is 11.6. The minimum Gasteiger partial charge on any atom is -0.313 e. The Kier molecular flexibility index (Phi) is 9.51. The first kappa shape index (κ1) is 23.7. The first-order chi connectivity index (χ1) is 15.7. The molecule has 3 rings (SSSR count). The first-order valence-corrected chi connectivity index (χ1v) is 12.0. The van der Waals surface area contributed by atoms with Gasteiger partial charge in [0.15, 0.2) is 0 Å². The number of hydrogen-bond donors (Lipinski definition) is 0. The quantitative estimate of drug-likeness (QED) is 0.120. The Morgan fingerprint density at radius 2 is 1.72 bits per heavy atom. The van der Waals surface area contributed by atoms with Crippen LogP contribution in [0.4, 0.5) is 0 Å². The summed E-state index contributed by atoms with van der Waals surface area (Å²) in [5, 5.41) is 4.01. The fraction of sp³-hybridized carbons (Fsp3) is 0.296. The van der Waals surface area contributed by atoms with Crippen LogP contribution in [-0.4, -0.2) is 17.5 Å². The van der Waals surface area contributed by atoms with E-state index < -0.39 is 5.97 Å². The van der Waals surface area contributed by atoms with Gasteiger partial charge < -0.3 is 4.84 Å². The maximum atomic E-state index is 13.1. The van der Waals surface area contributed by atoms with Crippen LogP contribution in [-0.2, 0) is 9.63 Å². The fourth-order valence-electron chi connectivity index (χ4n) is 3.31. The lowest BCUT2D eigenvalue weighted by Crippen LogP contribution is -2.17. The molecule has 0 atom stereocenters. The molecule has 0 fully saturated rings. The van der Waals surface area contributed by atoms with Gasteiger partial charge in [0.05, 0.1) is 0 Å². The number of rotatable bonds is 11. The lowest BCUT2D eigenvalue weighted by Gasteiger charge is -2.09. The van der Waals surface area contributed by atoms with E-state index in [1.807, 2.05) is 54.6 Å². The molecule has 166 valence electrons. The minimum atomic E-state index is -0.484. The number of benzene rings is 2. The van der Waals surface area contributed by atoms with Crippen molar-refractivity contribution in [3.8, 4) is 0 Å². The van der Waals surface area contributed by atoms with Crippen molar-refractivity contribution in [1.82, 2.24) is 0 Å². The summed E-state index contributed by atoms with van der Waals surface area (Å²) in [6.45, 7) is 2.14. The van der Waals surface area contributed by atoms with Crippen molar-refractivity contribution in [1.29, 1.82) is 0 Å². The standard InChI is InChI=1S/C27H29NO3S/c1-2-3-4-11-16-25(28-31-27(30)22-12-7-5-8-13-22)26(29)21-17-19-24(20-18-21)32-23-14-9-6-10-15-23/h5-7,9-10,12,14-15,17-20H,2-4,8,11,13,16H2,1H3. The Bertz CT molecular complexity index is 991. The maximum absolute atomic E-state index is 13.1. The zero-order valence-corrected chi connectivity index (χ0v) is 19.3. The number of oxime groups is 1. The predicted octanol–water partition coefficient (Wildman–Crippen LogP) is 7.17. The molecule has 2 aromatic carbocycles. The van der Waals surface area contributed by atoms with E-state index in [9.17, 15) is 9.59 Å². The highest BCUT2D eigenvalue weighted by molar-refractivity contribution is 7.99. The molecule has 0 saturated carbocycles. The molecule has 0 heterocycles. The molecule has 0 aromatic heterocycles. The lowest BCUT2D eigenvalue weighted by atomic mass is 10.0. The van der Waals surface area contributed by atoms with Crippen LogP contribution in [0.2, 0.25) is 0 Å². The highest BCUT2D eigenvalue weighted by atomic mass is 32.2. The Morgan fingerprint density at radius 1 is 0.969 bits per heavy atom. The second kappa shape index (κ2) is 12.8. The number of ketones is 1. The molecule has 2 aromatic rings. The summed E-state index contributed by atoms with van der Waals surface area (Å²) in [5.74, 6) is -0.675. The average molecular weight is 448 g/mol. The van der Waals surface area contributed by atoms with Crippen molar-refractivity contribution >= 4 is 29.2 Å². The van der Waals surface area contributed by atoms with Crippen LogP contribution < -0.4 is 0 Å². The van der Waals surface area contributed by atoms with Crippen LogP contribution in [0.3, 0.4) is 0 Å². The summed E-state index contributed by atoms with van der Waals surface area (Å²) in [5.41, 5.74) is 1.42. The zero-order valence-electron chi connectivity index (χ0n) is 18.5. The summed E-state index contributed by atoms with van der Waals surface area (Å²) >= 11 is 1.64. The number of allylic oxidation sites excluding steroid dienone is 3. The van der Waals surface area contributed by atoms with E-state index in [4.69, 9.17) is 4.84 Å². The minimum absolute atomic E-state index is 0.192. The third-order valence-electron chi connectivity index (χ3n) is 5.14. The Balaban J connectivity index is 1.69. The second-order valence-corrected chi connectivity index (χ2v) is 8.80. The van der Waals surface area contributed by atoms with Crippen molar-refractivity contribution < 1.29 is 14.4 Å². The maximum Gasteiger partial charge on any atom is 0.361 e. The molecule has 0 saturated heterocycles. The monoisotopic (exact) mass is 447 g/mol. The van der Waals surface area contributed by atoms with Crippen molar-refractivity contribution in [2.75, 3.05) is 0 Å². The van der Waals surface area contributed by atoms with E-state index in [1.165, 1.54) is 0 Å². The van der Waals surface area contributed by atoms with Gasteiger partial charge in [-0.3, -0.25) is 4.79 Å². The van der Waals surface area contributed by atoms with E-state index in [0.717, 1.165) is 41.9 Å². The van der Waals surface area contributed by atoms with Crippen LogP contribution in [0.1, 0.15) is 62.2 Å². The Labute approximate surface area is 194 Å². The third-order valence-corrected chi connectivity index (χ3v) is 6.16. The van der Waals surface area contributed by atoms with Crippen LogP contribution in [0, 0.1) is 0 Å². The van der Waals surface area contributed by atoms with Gasteiger partial charge in [-0.2, -0.15) is 0 Å². The molecule has 1 aliphatic carbocycles. The molecule has 0 radical (unpaired) electrons. The largest absolute Gasteiger partial charge is 0.361 e. The van der Waals surface area contributed by atoms with Crippen molar-refractivity contribution in [3.63, 3.8) is 0 Å². The van der Waals surface area contributed by atoms with Gasteiger partial charge >= 0.3 is 5.97 Å². The molecule has 4 nitrogen and oxygen atoms in total. The first-order valence-electron chi connectivity index (χ1n) is 11.2. The van der Waals surface area contributed by atoms with Gasteiger partial charge in [0.1, 0.15) is 5.71 Å². The van der Waals surface area contributed by atoms with E-state index in [-0.39, 0.29) is 5.78 Å². The SMILES string of the molecule is CCCCCCC(=NOC(=O)C1=CC=CCC1)C(=O)c1ccc(Sc2ccccc2)cc1. The van der Waals surface area contributed by atoms with Crippen LogP contribution in [0.5, 0.6) is 0 Å². The van der Waals surface area contributed by atoms with Gasteiger partial charge in [-0.25, -0.2) is 4.79 Å². The van der Waals surface area contributed by atoms with Gasteiger partial charge in [0, 0.05) is 20.9 Å². The normalized spacial score (nSPS) is 13.5. The van der Waals surface area contributed by atoms with Crippen molar-refractivity contribution in [2.45, 2.75) is 61.7 Å². The Morgan fingerprint density at radius 3 is 2.41 bits per heavy atom. The molecular formula is C27H29NO3S. The molecule has 0 amide bonds. The van der Waals surface area contributed by atoms with Crippen LogP contribution in [0.15, 0.2) is 93.3 Å². The third kappa shape index (κ3) is 7.34. The molecule has 5 heteroatoms. The summed E-state index contributed by atoms with van der Waals surface area (Å²) in [7, 11) is 0. The van der Waals surface area contributed by atoms with Gasteiger partial charge in [0.25, 0.3) is 0 Å². The van der Waals surface area contributed by atoms with E-state index >= 15 is 0 Å². The predicted molar refractivity (Wildman–Crippen MR) is 130 cm³/mol. The summed E-state index contributed by atoms with van der Waals surface area (Å²) < 4.78 is 0. The van der Waals surface area contributed by atoms with Crippen molar-refractivity contribution in [3.05, 3.63) is 84.0 Å². The molecule has 1 aliphatic rings. The fourth-order valence-corrected chi connectivity index (χ4v) is 4.15. The van der Waals surface area contributed by atoms with Crippen molar-refractivity contribution in [2.24, 2.45) is 5.16 Å². The average Bonchev–Trinajstić information content (AvgIpc) is 2.84. The topological polar surface area (TPSA) is 55.7 Å². The van der Waals surface area contributed by atoms with E-state index in [2.05, 4.69) is 24.2 Å². The molecular weight excluding hydrogens is 418 g/mol. The van der Waals surface area contributed by atoms with E-state index in [0.29, 0.717) is 29.7 Å². The number of unbranched alkanes of at least 4 members (excludes halogenated alkanes) is 3. The molecule has 0 N–H and O–H groups in total. The smallest absolute Gasteiger partial charge is 0.313 e.